The van der Waals surface area contributed by atoms with Crippen LogP contribution in [0.5, 0.6) is 0 Å². The number of rotatable bonds is 5. The van der Waals surface area contributed by atoms with Crippen LogP contribution in [0.25, 0.3) is 11.1 Å². The Morgan fingerprint density at radius 3 is 2.45 bits per heavy atom. The van der Waals surface area contributed by atoms with Gasteiger partial charge in [0.2, 0.25) is 11.8 Å². The third kappa shape index (κ3) is 5.72. The van der Waals surface area contributed by atoms with Crippen molar-refractivity contribution in [3.05, 3.63) is 54.4 Å². The molecule has 1 aliphatic rings. The third-order valence-electron chi connectivity index (χ3n) is 5.95. The number of carbonyl (C=O) groups is 2. The topological polar surface area (TPSA) is 53.5 Å². The molecule has 1 saturated heterocycles. The Bertz CT molecular complexity index is 918. The van der Waals surface area contributed by atoms with Crippen LogP contribution in [0.3, 0.4) is 0 Å². The van der Waals surface area contributed by atoms with Gasteiger partial charge in [0.15, 0.2) is 0 Å². The Morgan fingerprint density at radius 2 is 1.81 bits per heavy atom. The fourth-order valence-corrected chi connectivity index (χ4v) is 4.57. The number of amides is 2. The van der Waals surface area contributed by atoms with Crippen LogP contribution in [0.1, 0.15) is 45.6 Å². The zero-order valence-corrected chi connectivity index (χ0v) is 19.5. The first-order chi connectivity index (χ1) is 14.6. The van der Waals surface area contributed by atoms with E-state index in [4.69, 9.17) is 0 Å². The zero-order chi connectivity index (χ0) is 22.6. The van der Waals surface area contributed by atoms with Crippen molar-refractivity contribution in [2.45, 2.75) is 46.5 Å². The first-order valence-corrected chi connectivity index (χ1v) is 11.1. The number of nitrogens with zero attached hydrogens (tertiary/aromatic N) is 3. The average Bonchev–Trinajstić information content (AvgIpc) is 2.73. The second kappa shape index (κ2) is 9.21. The molecule has 0 radical (unpaired) electrons. The normalized spacial score (nSPS) is 19.2. The Hall–Kier alpha value is -2.69. The van der Waals surface area contributed by atoms with E-state index in [1.54, 1.807) is 17.3 Å². The van der Waals surface area contributed by atoms with Crippen molar-refractivity contribution < 1.29 is 9.59 Å². The summed E-state index contributed by atoms with van der Waals surface area (Å²) in [5, 5.41) is 0. The average molecular weight is 422 g/mol. The predicted octanol–water partition coefficient (Wildman–Crippen LogP) is 4.42. The van der Waals surface area contributed by atoms with Gasteiger partial charge in [0.1, 0.15) is 0 Å². The van der Waals surface area contributed by atoms with E-state index < -0.39 is 5.41 Å². The highest BCUT2D eigenvalue weighted by Gasteiger charge is 2.44. The molecule has 31 heavy (non-hydrogen) atoms. The highest BCUT2D eigenvalue weighted by atomic mass is 16.2. The Labute approximate surface area is 186 Å². The SMILES string of the molecule is CN(C)C(=O)C1(Cc2cccc(-c3ccncc3)c2)CCCN(C(=O)CC(C)(C)C)C1. The van der Waals surface area contributed by atoms with Crippen LogP contribution in [0.2, 0.25) is 0 Å². The Morgan fingerprint density at radius 1 is 1.10 bits per heavy atom. The van der Waals surface area contributed by atoms with Crippen LogP contribution in [0, 0.1) is 10.8 Å². The molecule has 1 aromatic heterocycles. The van der Waals surface area contributed by atoms with E-state index in [1.807, 2.05) is 37.2 Å². The standard InChI is InChI=1S/C26H35N3O2/c1-25(2,3)18-23(30)29-15-7-12-26(19-29,24(31)28(4)5)17-20-8-6-9-22(16-20)21-10-13-27-14-11-21/h6,8-11,13-14,16H,7,12,15,17-19H2,1-5H3. The number of pyridine rings is 1. The van der Waals surface area contributed by atoms with Crippen molar-refractivity contribution >= 4 is 11.8 Å². The summed E-state index contributed by atoms with van der Waals surface area (Å²) in [6.45, 7) is 7.46. The largest absolute Gasteiger partial charge is 0.348 e. The summed E-state index contributed by atoms with van der Waals surface area (Å²) < 4.78 is 0. The van der Waals surface area contributed by atoms with Crippen molar-refractivity contribution in [2.24, 2.45) is 10.8 Å². The summed E-state index contributed by atoms with van der Waals surface area (Å²) in [5.41, 5.74) is 2.68. The molecule has 1 aliphatic heterocycles. The summed E-state index contributed by atoms with van der Waals surface area (Å²) in [6, 6.07) is 12.4. The molecule has 1 atom stereocenters. The first kappa shape index (κ1) is 23.0. The molecular formula is C26H35N3O2. The van der Waals surface area contributed by atoms with Crippen molar-refractivity contribution in [1.82, 2.24) is 14.8 Å². The fourth-order valence-electron chi connectivity index (χ4n) is 4.57. The van der Waals surface area contributed by atoms with Crippen molar-refractivity contribution in [3.63, 3.8) is 0 Å². The van der Waals surface area contributed by atoms with Gasteiger partial charge in [0, 0.05) is 46.0 Å². The van der Waals surface area contributed by atoms with Crippen molar-refractivity contribution in [1.29, 1.82) is 0 Å². The molecule has 5 heteroatoms. The van der Waals surface area contributed by atoms with Gasteiger partial charge in [-0.05, 0) is 53.5 Å². The van der Waals surface area contributed by atoms with Crippen LogP contribution in [0.15, 0.2) is 48.8 Å². The lowest BCUT2D eigenvalue weighted by Gasteiger charge is -2.43. The second-order valence-corrected chi connectivity index (χ2v) is 10.2. The van der Waals surface area contributed by atoms with Gasteiger partial charge in [-0.3, -0.25) is 14.6 Å². The summed E-state index contributed by atoms with van der Waals surface area (Å²) in [6.07, 6.45) is 6.35. The van der Waals surface area contributed by atoms with Crippen LogP contribution in [-0.4, -0.2) is 53.8 Å². The molecule has 0 aliphatic carbocycles. The van der Waals surface area contributed by atoms with Gasteiger partial charge in [0.05, 0.1) is 5.41 Å². The highest BCUT2D eigenvalue weighted by molar-refractivity contribution is 5.85. The molecule has 1 aromatic carbocycles. The number of carbonyl (C=O) groups excluding carboxylic acids is 2. The molecule has 2 amide bonds. The van der Waals surface area contributed by atoms with Gasteiger partial charge in [-0.25, -0.2) is 0 Å². The lowest BCUT2D eigenvalue weighted by atomic mass is 9.73. The minimum atomic E-state index is -0.591. The summed E-state index contributed by atoms with van der Waals surface area (Å²) in [7, 11) is 3.63. The summed E-state index contributed by atoms with van der Waals surface area (Å²) >= 11 is 0. The number of benzene rings is 1. The summed E-state index contributed by atoms with van der Waals surface area (Å²) in [5.74, 6) is 0.253. The minimum absolute atomic E-state index is 0.0678. The Balaban J connectivity index is 1.89. The quantitative estimate of drug-likeness (QED) is 0.718. The van der Waals surface area contributed by atoms with Crippen molar-refractivity contribution in [2.75, 3.05) is 27.2 Å². The molecule has 0 saturated carbocycles. The van der Waals surface area contributed by atoms with E-state index in [0.29, 0.717) is 19.4 Å². The summed E-state index contributed by atoms with van der Waals surface area (Å²) in [4.78, 5) is 34.1. The number of hydrogen-bond acceptors (Lipinski definition) is 3. The number of aromatic nitrogens is 1. The van der Waals surface area contributed by atoms with Gasteiger partial charge >= 0.3 is 0 Å². The predicted molar refractivity (Wildman–Crippen MR) is 124 cm³/mol. The second-order valence-electron chi connectivity index (χ2n) is 10.2. The fraction of sp³-hybridized carbons (Fsp3) is 0.500. The van der Waals surface area contributed by atoms with Crippen LogP contribution in [0.4, 0.5) is 0 Å². The molecule has 0 N–H and O–H groups in total. The van der Waals surface area contributed by atoms with Crippen LogP contribution >= 0.6 is 0 Å². The monoisotopic (exact) mass is 421 g/mol. The van der Waals surface area contributed by atoms with Gasteiger partial charge in [-0.1, -0.05) is 45.0 Å². The number of likely N-dealkylation sites (tertiary alicyclic amines) is 1. The number of hydrogen-bond donors (Lipinski definition) is 0. The van der Waals surface area contributed by atoms with Crippen LogP contribution < -0.4 is 0 Å². The highest BCUT2D eigenvalue weighted by Crippen LogP contribution is 2.37. The zero-order valence-electron chi connectivity index (χ0n) is 19.5. The van der Waals surface area contributed by atoms with E-state index in [1.165, 1.54) is 0 Å². The lowest BCUT2D eigenvalue weighted by molar-refractivity contribution is -0.147. The maximum Gasteiger partial charge on any atom is 0.230 e. The maximum atomic E-state index is 13.4. The number of piperidine rings is 1. The van der Waals surface area contributed by atoms with E-state index in [0.717, 1.165) is 36.1 Å². The van der Waals surface area contributed by atoms with Gasteiger partial charge in [-0.2, -0.15) is 0 Å². The van der Waals surface area contributed by atoms with E-state index in [2.05, 4.69) is 44.0 Å². The smallest absolute Gasteiger partial charge is 0.230 e. The van der Waals surface area contributed by atoms with Gasteiger partial charge < -0.3 is 9.80 Å². The molecular weight excluding hydrogens is 386 g/mol. The molecule has 0 spiro atoms. The molecule has 2 aromatic rings. The maximum absolute atomic E-state index is 13.4. The lowest BCUT2D eigenvalue weighted by Crippen LogP contribution is -2.54. The first-order valence-electron chi connectivity index (χ1n) is 11.1. The molecule has 0 bridgehead atoms. The molecule has 5 nitrogen and oxygen atoms in total. The van der Waals surface area contributed by atoms with E-state index in [9.17, 15) is 9.59 Å². The molecule has 166 valence electrons. The molecule has 2 heterocycles. The Kier molecular flexibility index (Phi) is 6.83. The van der Waals surface area contributed by atoms with Crippen molar-refractivity contribution in [3.8, 4) is 11.1 Å². The molecule has 1 unspecified atom stereocenters. The van der Waals surface area contributed by atoms with E-state index in [-0.39, 0.29) is 17.2 Å². The minimum Gasteiger partial charge on any atom is -0.348 e. The molecule has 1 fully saturated rings. The van der Waals surface area contributed by atoms with Crippen LogP contribution in [-0.2, 0) is 16.0 Å². The van der Waals surface area contributed by atoms with Gasteiger partial charge in [-0.15, -0.1) is 0 Å². The third-order valence-corrected chi connectivity index (χ3v) is 5.95. The molecule has 3 rings (SSSR count). The van der Waals surface area contributed by atoms with E-state index >= 15 is 0 Å². The van der Waals surface area contributed by atoms with Gasteiger partial charge in [0.25, 0.3) is 0 Å².